The van der Waals surface area contributed by atoms with Crippen LogP contribution in [0.25, 0.3) is 10.8 Å². The van der Waals surface area contributed by atoms with Crippen molar-refractivity contribution in [2.24, 2.45) is 17.8 Å². The highest BCUT2D eigenvalue weighted by atomic mass is 19.1. The minimum absolute atomic E-state index is 0.0600. The van der Waals surface area contributed by atoms with Gasteiger partial charge in [0.05, 0.1) is 18.6 Å². The quantitative estimate of drug-likeness (QED) is 0.128. The van der Waals surface area contributed by atoms with Gasteiger partial charge in [0.1, 0.15) is 35.6 Å². The van der Waals surface area contributed by atoms with Gasteiger partial charge in [-0.15, -0.1) is 0 Å². The highest BCUT2D eigenvalue weighted by molar-refractivity contribution is 6.18. The molecule has 51 heavy (non-hydrogen) atoms. The highest BCUT2D eigenvalue weighted by Crippen LogP contribution is 2.52. The molecule has 0 saturated carbocycles. The molecule has 0 spiro atoms. The van der Waals surface area contributed by atoms with Gasteiger partial charge in [-0.3, -0.25) is 14.4 Å². The summed E-state index contributed by atoms with van der Waals surface area (Å²) >= 11 is 0. The molecule has 3 aliphatic rings. The molecule has 2 unspecified atom stereocenters. The van der Waals surface area contributed by atoms with Gasteiger partial charge in [0.15, 0.2) is 23.1 Å². The summed E-state index contributed by atoms with van der Waals surface area (Å²) in [5, 5.41) is 6.95. The maximum atomic E-state index is 16.3. The number of benzene rings is 3. The number of halogens is 1. The van der Waals surface area contributed by atoms with E-state index >= 15 is 4.39 Å². The van der Waals surface area contributed by atoms with Crippen molar-refractivity contribution in [3.63, 3.8) is 0 Å². The Morgan fingerprint density at radius 2 is 1.78 bits per heavy atom. The van der Waals surface area contributed by atoms with Crippen LogP contribution < -0.4 is 14.8 Å². The number of fused-ring (bicyclic) bond motifs is 5. The largest absolute Gasteiger partial charge is 0.514 e. The number of rotatable bonds is 6. The van der Waals surface area contributed by atoms with Gasteiger partial charge in [-0.1, -0.05) is 42.5 Å². The molecule has 0 bridgehead atoms. The third-order valence-corrected chi connectivity index (χ3v) is 9.11. The van der Waals surface area contributed by atoms with Crippen molar-refractivity contribution in [3.8, 4) is 11.6 Å². The molecule has 0 amide bonds. The molecule has 11 nitrogen and oxygen atoms in total. The van der Waals surface area contributed by atoms with Gasteiger partial charge >= 0.3 is 6.16 Å². The molecule has 1 heterocycles. The molecule has 12 heteroatoms. The molecule has 4 aromatic rings. The van der Waals surface area contributed by atoms with Gasteiger partial charge in [0.2, 0.25) is 0 Å². The SMILES string of the molecule is CNC.COC1=C2C(=O)c3c(c(F)c4ccc(C=O)cc4c3OC(=O)OC(C)(C)C)CC2C[C@H]2Cc3onc(OCc4ccccc4)c3C(=O)C12. The van der Waals surface area contributed by atoms with E-state index in [4.69, 9.17) is 23.5 Å². The first-order valence-electron chi connectivity index (χ1n) is 16.6. The van der Waals surface area contributed by atoms with Gasteiger partial charge in [-0.2, -0.15) is 0 Å². The first-order chi connectivity index (χ1) is 24.4. The van der Waals surface area contributed by atoms with Crippen molar-refractivity contribution in [1.82, 2.24) is 10.5 Å². The molecular weight excluding hydrogens is 659 g/mol. The summed E-state index contributed by atoms with van der Waals surface area (Å²) in [5.41, 5.74) is 0.470. The number of aromatic nitrogens is 1. The van der Waals surface area contributed by atoms with E-state index in [0.717, 1.165) is 5.56 Å². The van der Waals surface area contributed by atoms with Crippen molar-refractivity contribution < 1.29 is 47.0 Å². The van der Waals surface area contributed by atoms with Crippen molar-refractivity contribution in [2.75, 3.05) is 21.2 Å². The Hall–Kier alpha value is -5.36. The van der Waals surface area contributed by atoms with Crippen LogP contribution >= 0.6 is 0 Å². The fourth-order valence-electron chi connectivity index (χ4n) is 7.19. The smallest absolute Gasteiger partial charge is 0.500 e. The zero-order valence-corrected chi connectivity index (χ0v) is 29.3. The van der Waals surface area contributed by atoms with Crippen molar-refractivity contribution >= 4 is 34.8 Å². The highest BCUT2D eigenvalue weighted by Gasteiger charge is 2.52. The summed E-state index contributed by atoms with van der Waals surface area (Å²) in [6, 6.07) is 13.7. The topological polar surface area (TPSA) is 143 Å². The van der Waals surface area contributed by atoms with Crippen LogP contribution in [-0.4, -0.2) is 56.0 Å². The van der Waals surface area contributed by atoms with E-state index in [1.165, 1.54) is 25.3 Å². The fourth-order valence-corrected chi connectivity index (χ4v) is 7.19. The summed E-state index contributed by atoms with van der Waals surface area (Å²) in [4.78, 5) is 53.4. The lowest BCUT2D eigenvalue weighted by molar-refractivity contribution is 0.0207. The molecular formula is C39H39FN2O9. The third kappa shape index (κ3) is 6.63. The summed E-state index contributed by atoms with van der Waals surface area (Å²) in [5.74, 6) is -2.88. The van der Waals surface area contributed by atoms with Crippen molar-refractivity contribution in [2.45, 2.75) is 52.2 Å². The van der Waals surface area contributed by atoms with Crippen molar-refractivity contribution in [3.05, 3.63) is 99.3 Å². The number of nitrogens with zero attached hydrogens (tertiary/aromatic N) is 1. The number of hydrogen-bond acceptors (Lipinski definition) is 11. The molecule has 3 atom stereocenters. The number of ketones is 2. The molecule has 3 aliphatic carbocycles. The molecule has 0 radical (unpaired) electrons. The molecule has 0 aliphatic heterocycles. The Morgan fingerprint density at radius 3 is 2.45 bits per heavy atom. The average molecular weight is 699 g/mol. The van der Waals surface area contributed by atoms with Gasteiger partial charge in [0, 0.05) is 33.9 Å². The summed E-state index contributed by atoms with van der Waals surface area (Å²) < 4.78 is 44.7. The molecule has 1 aromatic heterocycles. The standard InChI is InChI=1S/C37H32FNO9.C2H7N/c1-37(2,3)47-36(43)46-33-23-12-19(16-40)10-11-22(23)30(38)24-14-20-13-21-15-25-29(35(39-48-25)45-17-18-8-6-5-7-9-18)32(42)27(21)34(44-4)26(20)31(41)28(24)33;1-3-2/h5-12,16,20-21,27H,13-15,17H2,1-4H3;3H,1-2H3/t20?,21-,27?;/m0./s1. The van der Waals surface area contributed by atoms with E-state index < -0.39 is 35.2 Å². The van der Waals surface area contributed by atoms with Crippen LogP contribution in [0.5, 0.6) is 11.6 Å². The number of ether oxygens (including phenoxy) is 4. The van der Waals surface area contributed by atoms with Crippen LogP contribution in [0, 0.1) is 23.6 Å². The zero-order valence-electron chi connectivity index (χ0n) is 29.3. The monoisotopic (exact) mass is 698 g/mol. The fraction of sp³-hybridized carbons (Fsp3) is 0.359. The molecule has 1 N–H and O–H groups in total. The van der Waals surface area contributed by atoms with Crippen molar-refractivity contribution in [1.29, 1.82) is 0 Å². The summed E-state index contributed by atoms with van der Waals surface area (Å²) in [6.45, 7) is 5.13. The van der Waals surface area contributed by atoms with Gasteiger partial charge in [-0.05, 0) is 76.3 Å². The first kappa shape index (κ1) is 35.5. The second-order valence-electron chi connectivity index (χ2n) is 13.8. The van der Waals surface area contributed by atoms with E-state index in [2.05, 4.69) is 10.5 Å². The van der Waals surface area contributed by atoms with Gasteiger partial charge in [0.25, 0.3) is 5.88 Å². The Bertz CT molecular complexity index is 2060. The number of carbonyl (C=O) groups is 4. The normalized spacial score (nSPS) is 19.2. The number of nitrogens with one attached hydrogen (secondary N) is 1. The number of allylic oxidation sites excluding steroid dienone is 2. The number of hydrogen-bond donors (Lipinski definition) is 1. The van der Waals surface area contributed by atoms with Gasteiger partial charge in [-0.25, -0.2) is 9.18 Å². The Labute approximate surface area is 294 Å². The van der Waals surface area contributed by atoms with Crippen LogP contribution in [-0.2, 0) is 28.9 Å². The predicted molar refractivity (Wildman–Crippen MR) is 184 cm³/mol. The minimum atomic E-state index is -1.10. The van der Waals surface area contributed by atoms with Crippen LogP contribution in [0.2, 0.25) is 0 Å². The number of Topliss-reactive ketones (excluding diaryl/α,β-unsaturated/α-hetero) is 2. The lowest BCUT2D eigenvalue weighted by Crippen LogP contribution is -2.42. The maximum Gasteiger partial charge on any atom is 0.514 e. The lowest BCUT2D eigenvalue weighted by Gasteiger charge is -2.41. The van der Waals surface area contributed by atoms with E-state index in [1.54, 1.807) is 20.8 Å². The Kier molecular flexibility index (Phi) is 9.81. The number of aldehydes is 1. The molecule has 7 rings (SSSR count). The molecule has 0 saturated heterocycles. The maximum absolute atomic E-state index is 16.3. The van der Waals surface area contributed by atoms with Crippen LogP contribution in [0.3, 0.4) is 0 Å². The van der Waals surface area contributed by atoms with E-state index in [1.807, 2.05) is 44.4 Å². The van der Waals surface area contributed by atoms with E-state index in [-0.39, 0.29) is 80.7 Å². The lowest BCUT2D eigenvalue weighted by atomic mass is 9.62. The van der Waals surface area contributed by atoms with E-state index in [0.29, 0.717) is 24.9 Å². The van der Waals surface area contributed by atoms with Crippen LogP contribution in [0.15, 0.2) is 64.4 Å². The van der Waals surface area contributed by atoms with Gasteiger partial charge < -0.3 is 28.8 Å². The van der Waals surface area contributed by atoms with E-state index in [9.17, 15) is 19.2 Å². The number of methoxy groups -OCH3 is 1. The summed E-state index contributed by atoms with van der Waals surface area (Å²) in [7, 11) is 5.14. The molecule has 0 fully saturated rings. The zero-order chi connectivity index (χ0) is 36.6. The van der Waals surface area contributed by atoms with Crippen LogP contribution in [0.4, 0.5) is 9.18 Å². The molecule has 266 valence electrons. The minimum Gasteiger partial charge on any atom is -0.500 e. The second kappa shape index (κ2) is 14.1. The first-order valence-corrected chi connectivity index (χ1v) is 16.6. The van der Waals surface area contributed by atoms with Crippen LogP contribution in [0.1, 0.15) is 75.2 Å². The third-order valence-electron chi connectivity index (χ3n) is 9.11. The Morgan fingerprint density at radius 1 is 1.06 bits per heavy atom. The Balaban J connectivity index is 0.00000144. The predicted octanol–water partition coefficient (Wildman–Crippen LogP) is 6.84. The summed E-state index contributed by atoms with van der Waals surface area (Å²) in [6.07, 6.45) is 0.265. The number of carbonyl (C=O) groups excluding carboxylic acids is 4. The second-order valence-corrected chi connectivity index (χ2v) is 13.8. The molecule has 3 aromatic carbocycles. The average Bonchev–Trinajstić information content (AvgIpc) is 3.51.